The number of rotatable bonds is 5. The first-order valence-corrected chi connectivity index (χ1v) is 8.40. The number of ether oxygens (including phenoxy) is 1. The largest absolute Gasteiger partial charge is 0.488 e. The fourth-order valence-electron chi connectivity index (χ4n) is 2.48. The molecule has 0 atom stereocenters. The zero-order valence-electron chi connectivity index (χ0n) is 12.8. The van der Waals surface area contributed by atoms with Gasteiger partial charge in [-0.2, -0.15) is 4.37 Å². The normalized spacial score (nSPS) is 10.7. The third-order valence-corrected chi connectivity index (χ3v) is 4.43. The first-order valence-electron chi connectivity index (χ1n) is 7.62. The minimum absolute atomic E-state index is 0.530. The maximum absolute atomic E-state index is 6.05. The topological polar surface area (TPSA) is 47.0 Å². The number of benzene rings is 2. The summed E-state index contributed by atoms with van der Waals surface area (Å²) in [6, 6.07) is 20.0. The monoisotopic (exact) mass is 333 g/mol. The molecule has 0 saturated heterocycles. The van der Waals surface area contributed by atoms with Crippen molar-refractivity contribution in [3.63, 3.8) is 0 Å². The lowest BCUT2D eigenvalue weighted by atomic mass is 10.2. The highest BCUT2D eigenvalue weighted by Crippen LogP contribution is 2.36. The molecule has 4 aromatic rings. The zero-order valence-corrected chi connectivity index (χ0v) is 13.7. The van der Waals surface area contributed by atoms with E-state index in [0.717, 1.165) is 32.9 Å². The Morgan fingerprint density at radius 1 is 0.958 bits per heavy atom. The van der Waals surface area contributed by atoms with Crippen LogP contribution >= 0.6 is 11.5 Å². The molecular formula is C19H15N3OS. The van der Waals surface area contributed by atoms with Gasteiger partial charge in [0.1, 0.15) is 12.4 Å². The van der Waals surface area contributed by atoms with Crippen LogP contribution < -0.4 is 10.1 Å². The average molecular weight is 333 g/mol. The van der Waals surface area contributed by atoms with Gasteiger partial charge >= 0.3 is 0 Å². The molecule has 0 bridgehead atoms. The second kappa shape index (κ2) is 6.68. The van der Waals surface area contributed by atoms with Crippen molar-refractivity contribution in [2.45, 2.75) is 6.61 Å². The summed E-state index contributed by atoms with van der Waals surface area (Å²) in [5.74, 6) is 1.63. The molecule has 0 aliphatic heterocycles. The van der Waals surface area contributed by atoms with Crippen LogP contribution in [0.25, 0.3) is 10.1 Å². The smallest absolute Gasteiger partial charge is 0.155 e. The van der Waals surface area contributed by atoms with E-state index in [0.29, 0.717) is 6.61 Å². The molecule has 0 aliphatic rings. The summed E-state index contributed by atoms with van der Waals surface area (Å²) < 4.78 is 11.7. The van der Waals surface area contributed by atoms with E-state index in [2.05, 4.69) is 32.9 Å². The minimum Gasteiger partial charge on any atom is -0.488 e. The first-order chi connectivity index (χ1) is 11.9. The van der Waals surface area contributed by atoms with Gasteiger partial charge in [0, 0.05) is 6.20 Å². The Morgan fingerprint density at radius 2 is 1.88 bits per heavy atom. The van der Waals surface area contributed by atoms with Crippen LogP contribution in [0.4, 0.5) is 11.5 Å². The Kier molecular flexibility index (Phi) is 4.08. The van der Waals surface area contributed by atoms with Gasteiger partial charge in [0.15, 0.2) is 5.82 Å². The average Bonchev–Trinajstić information content (AvgIpc) is 3.05. The maximum Gasteiger partial charge on any atom is 0.155 e. The number of hydrogen-bond donors (Lipinski definition) is 1. The molecule has 1 N–H and O–H groups in total. The molecule has 4 nitrogen and oxygen atoms in total. The number of aromatic nitrogens is 2. The molecule has 24 heavy (non-hydrogen) atoms. The van der Waals surface area contributed by atoms with Crippen molar-refractivity contribution in [3.05, 3.63) is 78.6 Å². The number of nitrogens with one attached hydrogen (secondary N) is 1. The van der Waals surface area contributed by atoms with E-state index in [1.807, 2.05) is 42.5 Å². The number of pyridine rings is 1. The van der Waals surface area contributed by atoms with Crippen molar-refractivity contribution >= 4 is 33.1 Å². The van der Waals surface area contributed by atoms with Gasteiger partial charge in [-0.3, -0.25) is 4.98 Å². The van der Waals surface area contributed by atoms with E-state index in [4.69, 9.17) is 4.74 Å². The van der Waals surface area contributed by atoms with Crippen molar-refractivity contribution < 1.29 is 4.74 Å². The summed E-state index contributed by atoms with van der Waals surface area (Å²) in [4.78, 5) is 4.13. The van der Waals surface area contributed by atoms with Crippen molar-refractivity contribution in [2.75, 3.05) is 5.32 Å². The summed E-state index contributed by atoms with van der Waals surface area (Å²) in [6.45, 7) is 0.530. The molecule has 2 aromatic carbocycles. The van der Waals surface area contributed by atoms with E-state index in [1.54, 1.807) is 12.4 Å². The SMILES string of the molecule is c1ccc(COc2cccc3snc(Nc4cccnc4)c23)cc1. The molecule has 0 fully saturated rings. The fraction of sp³-hybridized carbons (Fsp3) is 0.0526. The summed E-state index contributed by atoms with van der Waals surface area (Å²) in [5.41, 5.74) is 2.04. The van der Waals surface area contributed by atoms with Gasteiger partial charge < -0.3 is 10.1 Å². The first kappa shape index (κ1) is 14.7. The Hall–Kier alpha value is -2.92. The Labute approximate surface area is 143 Å². The molecule has 2 heterocycles. The van der Waals surface area contributed by atoms with Crippen LogP contribution in [0.3, 0.4) is 0 Å². The summed E-state index contributed by atoms with van der Waals surface area (Å²) in [6.07, 6.45) is 3.53. The predicted molar refractivity (Wildman–Crippen MR) is 97.9 cm³/mol. The molecule has 4 rings (SSSR count). The van der Waals surface area contributed by atoms with E-state index in [1.165, 1.54) is 11.5 Å². The van der Waals surface area contributed by atoms with Gasteiger partial charge in [0.2, 0.25) is 0 Å². The van der Waals surface area contributed by atoms with Gasteiger partial charge in [0.05, 0.1) is 22.0 Å². The van der Waals surface area contributed by atoms with E-state index < -0.39 is 0 Å². The van der Waals surface area contributed by atoms with Gasteiger partial charge in [-0.1, -0.05) is 36.4 Å². The molecule has 0 radical (unpaired) electrons. The fourth-order valence-corrected chi connectivity index (χ4v) is 3.23. The summed E-state index contributed by atoms with van der Waals surface area (Å²) >= 11 is 1.46. The lowest BCUT2D eigenvalue weighted by molar-refractivity contribution is 0.310. The number of fused-ring (bicyclic) bond motifs is 1. The minimum atomic E-state index is 0.530. The predicted octanol–water partition coefficient (Wildman–Crippen LogP) is 5.01. The molecule has 0 saturated carbocycles. The second-order valence-corrected chi connectivity index (χ2v) is 6.11. The number of nitrogens with zero attached hydrogens (tertiary/aromatic N) is 2. The third-order valence-electron chi connectivity index (χ3n) is 3.62. The Morgan fingerprint density at radius 3 is 2.71 bits per heavy atom. The lowest BCUT2D eigenvalue weighted by Gasteiger charge is -2.09. The van der Waals surface area contributed by atoms with Crippen LogP contribution in [0.15, 0.2) is 73.1 Å². The Bertz CT molecular complexity index is 939. The molecule has 0 amide bonds. The second-order valence-electron chi connectivity index (χ2n) is 5.30. The third kappa shape index (κ3) is 3.07. The lowest BCUT2D eigenvalue weighted by Crippen LogP contribution is -1.97. The Balaban J connectivity index is 1.64. The van der Waals surface area contributed by atoms with Crippen LogP contribution in [0.1, 0.15) is 5.56 Å². The number of hydrogen-bond acceptors (Lipinski definition) is 5. The van der Waals surface area contributed by atoms with E-state index >= 15 is 0 Å². The highest BCUT2D eigenvalue weighted by molar-refractivity contribution is 7.13. The van der Waals surface area contributed by atoms with Crippen LogP contribution in [0.5, 0.6) is 5.75 Å². The zero-order chi connectivity index (χ0) is 16.2. The molecule has 0 unspecified atom stereocenters. The summed E-state index contributed by atoms with van der Waals surface area (Å²) in [7, 11) is 0. The van der Waals surface area contributed by atoms with Crippen molar-refractivity contribution in [1.82, 2.24) is 9.36 Å². The highest BCUT2D eigenvalue weighted by atomic mass is 32.1. The van der Waals surface area contributed by atoms with E-state index in [9.17, 15) is 0 Å². The maximum atomic E-state index is 6.05. The van der Waals surface area contributed by atoms with Crippen molar-refractivity contribution in [2.24, 2.45) is 0 Å². The van der Waals surface area contributed by atoms with Gasteiger partial charge in [-0.05, 0) is 41.4 Å². The van der Waals surface area contributed by atoms with Gasteiger partial charge in [0.25, 0.3) is 0 Å². The van der Waals surface area contributed by atoms with Gasteiger partial charge in [-0.15, -0.1) is 0 Å². The van der Waals surface area contributed by atoms with E-state index in [-0.39, 0.29) is 0 Å². The number of anilines is 2. The van der Waals surface area contributed by atoms with Crippen LogP contribution in [-0.2, 0) is 6.61 Å². The van der Waals surface area contributed by atoms with Crippen LogP contribution in [0, 0.1) is 0 Å². The standard InChI is InChI=1S/C19H15N3OS/c1-2-6-14(7-3-1)13-23-16-9-4-10-17-18(16)19(22-24-17)21-15-8-5-11-20-12-15/h1-12H,13H2,(H,21,22). The highest BCUT2D eigenvalue weighted by Gasteiger charge is 2.12. The summed E-state index contributed by atoms with van der Waals surface area (Å²) in [5, 5.41) is 4.32. The molecule has 0 aliphatic carbocycles. The molecular weight excluding hydrogens is 318 g/mol. The molecule has 2 aromatic heterocycles. The molecule has 5 heteroatoms. The van der Waals surface area contributed by atoms with Crippen molar-refractivity contribution in [1.29, 1.82) is 0 Å². The molecule has 0 spiro atoms. The quantitative estimate of drug-likeness (QED) is 0.557. The molecule has 118 valence electrons. The van der Waals surface area contributed by atoms with Crippen molar-refractivity contribution in [3.8, 4) is 5.75 Å². The van der Waals surface area contributed by atoms with Gasteiger partial charge in [-0.25, -0.2) is 0 Å². The van der Waals surface area contributed by atoms with Crippen LogP contribution in [0.2, 0.25) is 0 Å². The van der Waals surface area contributed by atoms with Crippen LogP contribution in [-0.4, -0.2) is 9.36 Å².